The van der Waals surface area contributed by atoms with Crippen molar-refractivity contribution in [3.63, 3.8) is 0 Å². The van der Waals surface area contributed by atoms with Crippen LogP contribution in [0.1, 0.15) is 36.6 Å². The van der Waals surface area contributed by atoms with Crippen molar-refractivity contribution in [3.05, 3.63) is 22.9 Å². The van der Waals surface area contributed by atoms with Gasteiger partial charge in [-0.15, -0.1) is 0 Å². The maximum Gasteiger partial charge on any atom is 0.133 e. The van der Waals surface area contributed by atoms with Gasteiger partial charge in [-0.05, 0) is 43.2 Å². The number of aromatic nitrogens is 1. The zero-order chi connectivity index (χ0) is 13.4. The minimum absolute atomic E-state index is 0.192. The van der Waals surface area contributed by atoms with E-state index in [1.54, 1.807) is 0 Å². The van der Waals surface area contributed by atoms with Crippen LogP contribution in [0.25, 0.3) is 0 Å². The average Bonchev–Trinajstić information content (AvgIpc) is 3.02. The molecule has 1 aromatic rings. The van der Waals surface area contributed by atoms with Gasteiger partial charge in [-0.2, -0.15) is 0 Å². The number of pyridine rings is 1. The highest BCUT2D eigenvalue weighted by Gasteiger charge is 2.33. The summed E-state index contributed by atoms with van der Waals surface area (Å²) >= 11 is 0. The smallest absolute Gasteiger partial charge is 0.133 e. The summed E-state index contributed by atoms with van der Waals surface area (Å²) in [4.78, 5) is 7.14. The molecule has 4 nitrogen and oxygen atoms in total. The quantitative estimate of drug-likeness (QED) is 0.859. The van der Waals surface area contributed by atoms with Crippen molar-refractivity contribution in [1.82, 2.24) is 4.98 Å². The summed E-state index contributed by atoms with van der Waals surface area (Å²) in [5.41, 5.74) is 9.65. The Bertz CT molecular complexity index is 475. The van der Waals surface area contributed by atoms with Gasteiger partial charge in [-0.3, -0.25) is 0 Å². The van der Waals surface area contributed by atoms with Crippen LogP contribution in [-0.2, 0) is 19.4 Å². The SMILES string of the molecule is CC1CCN(c2nc3c(cc2CN)CCC3)C1CO. The molecule has 0 bridgehead atoms. The van der Waals surface area contributed by atoms with Gasteiger partial charge in [0.05, 0.1) is 12.6 Å². The second-order valence-corrected chi connectivity index (χ2v) is 5.84. The van der Waals surface area contributed by atoms with Crippen molar-refractivity contribution in [1.29, 1.82) is 0 Å². The fourth-order valence-corrected chi connectivity index (χ4v) is 3.46. The van der Waals surface area contributed by atoms with E-state index < -0.39 is 0 Å². The van der Waals surface area contributed by atoms with Crippen LogP contribution in [0.15, 0.2) is 6.07 Å². The molecular weight excluding hydrogens is 238 g/mol. The van der Waals surface area contributed by atoms with E-state index in [1.165, 1.54) is 17.7 Å². The third-order valence-electron chi connectivity index (χ3n) is 4.67. The van der Waals surface area contributed by atoms with Crippen LogP contribution in [-0.4, -0.2) is 29.3 Å². The van der Waals surface area contributed by atoms with E-state index in [0.29, 0.717) is 12.5 Å². The molecule has 0 amide bonds. The summed E-state index contributed by atoms with van der Waals surface area (Å²) in [5, 5.41) is 9.62. The number of rotatable bonds is 3. The van der Waals surface area contributed by atoms with E-state index in [1.807, 2.05) is 0 Å². The Labute approximate surface area is 114 Å². The maximum absolute atomic E-state index is 9.62. The van der Waals surface area contributed by atoms with Crippen LogP contribution in [0.3, 0.4) is 0 Å². The third kappa shape index (κ3) is 2.13. The largest absolute Gasteiger partial charge is 0.394 e. The lowest BCUT2D eigenvalue weighted by Gasteiger charge is -2.28. The van der Waals surface area contributed by atoms with Crippen molar-refractivity contribution >= 4 is 5.82 Å². The summed E-state index contributed by atoms with van der Waals surface area (Å²) in [6.45, 7) is 3.91. The average molecular weight is 261 g/mol. The summed E-state index contributed by atoms with van der Waals surface area (Å²) < 4.78 is 0. The molecule has 0 saturated carbocycles. The fourth-order valence-electron chi connectivity index (χ4n) is 3.46. The van der Waals surface area contributed by atoms with E-state index in [9.17, 15) is 5.11 Å². The highest BCUT2D eigenvalue weighted by atomic mass is 16.3. The Kier molecular flexibility index (Phi) is 3.46. The summed E-state index contributed by atoms with van der Waals surface area (Å²) in [6, 6.07) is 2.43. The van der Waals surface area contributed by atoms with Gasteiger partial charge in [0.25, 0.3) is 0 Å². The molecular formula is C15H23N3O. The molecule has 0 spiro atoms. The van der Waals surface area contributed by atoms with Crippen molar-refractivity contribution in [3.8, 4) is 0 Å². The number of aliphatic hydroxyl groups is 1. The number of hydrogen-bond donors (Lipinski definition) is 2. The maximum atomic E-state index is 9.62. The second-order valence-electron chi connectivity index (χ2n) is 5.84. The van der Waals surface area contributed by atoms with E-state index in [-0.39, 0.29) is 12.6 Å². The minimum atomic E-state index is 0.192. The highest BCUT2D eigenvalue weighted by Crippen LogP contribution is 2.33. The van der Waals surface area contributed by atoms with Crippen LogP contribution in [0.2, 0.25) is 0 Å². The Morgan fingerprint density at radius 1 is 1.47 bits per heavy atom. The highest BCUT2D eigenvalue weighted by molar-refractivity contribution is 5.52. The van der Waals surface area contributed by atoms with Crippen LogP contribution in [0.4, 0.5) is 5.82 Å². The molecule has 3 N–H and O–H groups in total. The summed E-state index contributed by atoms with van der Waals surface area (Å²) in [7, 11) is 0. The zero-order valence-electron chi connectivity index (χ0n) is 11.6. The molecule has 2 aliphatic rings. The van der Waals surface area contributed by atoms with Crippen molar-refractivity contribution < 1.29 is 5.11 Å². The van der Waals surface area contributed by atoms with Gasteiger partial charge in [-0.1, -0.05) is 6.92 Å². The molecule has 2 unspecified atom stereocenters. The molecule has 1 aromatic heterocycles. The molecule has 1 aliphatic heterocycles. The van der Waals surface area contributed by atoms with Gasteiger partial charge >= 0.3 is 0 Å². The predicted octanol–water partition coefficient (Wildman–Crippen LogP) is 1.24. The monoisotopic (exact) mass is 261 g/mol. The lowest BCUT2D eigenvalue weighted by molar-refractivity contribution is 0.244. The molecule has 1 aliphatic carbocycles. The molecule has 104 valence electrons. The topological polar surface area (TPSA) is 62.4 Å². The Balaban J connectivity index is 2.00. The van der Waals surface area contributed by atoms with Crippen molar-refractivity contribution in [2.24, 2.45) is 11.7 Å². The second kappa shape index (κ2) is 5.10. The Hall–Kier alpha value is -1.13. The van der Waals surface area contributed by atoms with Gasteiger partial charge in [0.1, 0.15) is 5.82 Å². The number of aryl methyl sites for hydroxylation is 2. The van der Waals surface area contributed by atoms with Crippen LogP contribution < -0.4 is 10.6 Å². The number of nitrogens with zero attached hydrogens (tertiary/aromatic N) is 2. The number of aliphatic hydroxyl groups excluding tert-OH is 1. The van der Waals surface area contributed by atoms with Crippen LogP contribution in [0, 0.1) is 5.92 Å². The van der Waals surface area contributed by atoms with E-state index in [4.69, 9.17) is 10.7 Å². The minimum Gasteiger partial charge on any atom is -0.394 e. The first-order valence-corrected chi connectivity index (χ1v) is 7.33. The van der Waals surface area contributed by atoms with Crippen LogP contribution in [0.5, 0.6) is 0 Å². The first kappa shape index (κ1) is 12.9. The van der Waals surface area contributed by atoms with Crippen molar-refractivity contribution in [2.75, 3.05) is 18.1 Å². The number of anilines is 1. The molecule has 4 heteroatoms. The van der Waals surface area contributed by atoms with Crippen molar-refractivity contribution in [2.45, 2.75) is 45.2 Å². The molecule has 1 fully saturated rings. The van der Waals surface area contributed by atoms with E-state index in [0.717, 1.165) is 37.2 Å². The lowest BCUT2D eigenvalue weighted by atomic mass is 10.0. The normalized spacial score (nSPS) is 25.9. The zero-order valence-corrected chi connectivity index (χ0v) is 11.6. The summed E-state index contributed by atoms with van der Waals surface area (Å²) in [5.74, 6) is 1.54. The van der Waals surface area contributed by atoms with Gasteiger partial charge < -0.3 is 15.7 Å². The molecule has 0 aromatic carbocycles. The van der Waals surface area contributed by atoms with E-state index in [2.05, 4.69) is 17.9 Å². The standard InChI is InChI=1S/C15H23N3O/c1-10-5-6-18(14(10)9-19)15-12(8-16)7-11-3-2-4-13(11)17-15/h7,10,14,19H,2-6,8-9,16H2,1H3. The van der Waals surface area contributed by atoms with Gasteiger partial charge in [-0.25, -0.2) is 4.98 Å². The van der Waals surface area contributed by atoms with E-state index >= 15 is 0 Å². The first-order valence-electron chi connectivity index (χ1n) is 7.33. The summed E-state index contributed by atoms with van der Waals surface area (Å²) in [6.07, 6.45) is 4.54. The van der Waals surface area contributed by atoms with Gasteiger partial charge in [0.15, 0.2) is 0 Å². The number of hydrogen-bond acceptors (Lipinski definition) is 4. The predicted molar refractivity (Wildman–Crippen MR) is 76.2 cm³/mol. The Morgan fingerprint density at radius 3 is 3.05 bits per heavy atom. The molecule has 19 heavy (non-hydrogen) atoms. The van der Waals surface area contributed by atoms with Crippen LogP contribution >= 0.6 is 0 Å². The number of fused-ring (bicyclic) bond motifs is 1. The van der Waals surface area contributed by atoms with Gasteiger partial charge in [0.2, 0.25) is 0 Å². The third-order valence-corrected chi connectivity index (χ3v) is 4.67. The fraction of sp³-hybridized carbons (Fsp3) is 0.667. The molecule has 2 atom stereocenters. The molecule has 1 saturated heterocycles. The molecule has 3 rings (SSSR count). The molecule has 0 radical (unpaired) electrons. The van der Waals surface area contributed by atoms with Gasteiger partial charge in [0, 0.05) is 24.3 Å². The lowest BCUT2D eigenvalue weighted by Crippen LogP contribution is -2.36. The first-order chi connectivity index (χ1) is 9.24. The number of nitrogens with two attached hydrogens (primary N) is 1. The molecule has 2 heterocycles. The Morgan fingerprint density at radius 2 is 2.32 bits per heavy atom.